The Morgan fingerprint density at radius 3 is 2.06 bits per heavy atom. The lowest BCUT2D eigenvalue weighted by Crippen LogP contribution is -2.38. The van der Waals surface area contributed by atoms with Crippen molar-refractivity contribution in [2.45, 2.75) is 12.8 Å². The quantitative estimate of drug-likeness (QED) is 0.716. The summed E-state index contributed by atoms with van der Waals surface area (Å²) in [5, 5.41) is 18.0. The van der Waals surface area contributed by atoms with Crippen molar-refractivity contribution in [2.24, 2.45) is 5.41 Å². The predicted octanol–water partition coefficient (Wildman–Crippen LogP) is 2.32. The molecular formula is C13H13N3. The molecule has 2 rings (SSSR count). The fourth-order valence-electron chi connectivity index (χ4n) is 2.03. The van der Waals surface area contributed by atoms with Crippen LogP contribution in [0, 0.1) is 28.1 Å². The lowest BCUT2D eigenvalue weighted by Gasteiger charge is -2.34. The molecular weight excluding hydrogens is 198 g/mol. The van der Waals surface area contributed by atoms with Gasteiger partial charge in [-0.1, -0.05) is 18.2 Å². The van der Waals surface area contributed by atoms with E-state index in [4.69, 9.17) is 10.5 Å². The molecule has 1 aliphatic rings. The molecule has 3 nitrogen and oxygen atoms in total. The van der Waals surface area contributed by atoms with Crippen LogP contribution >= 0.6 is 0 Å². The Bertz CT molecular complexity index is 414. The molecule has 0 saturated carbocycles. The van der Waals surface area contributed by atoms with Gasteiger partial charge in [-0.3, -0.25) is 0 Å². The minimum atomic E-state index is -0.759. The molecule has 1 fully saturated rings. The standard InChI is InChI=1S/C13H13N3/c14-10-13(11-15)6-8-16(9-7-13)12-4-2-1-3-5-12/h1-5H,6-9H2. The number of benzene rings is 1. The van der Waals surface area contributed by atoms with Gasteiger partial charge in [-0.2, -0.15) is 10.5 Å². The summed E-state index contributed by atoms with van der Waals surface area (Å²) in [4.78, 5) is 2.23. The van der Waals surface area contributed by atoms with Gasteiger partial charge in [-0.15, -0.1) is 0 Å². The number of anilines is 1. The lowest BCUT2D eigenvalue weighted by atomic mass is 9.81. The Kier molecular flexibility index (Phi) is 2.79. The number of rotatable bonds is 1. The van der Waals surface area contributed by atoms with E-state index < -0.39 is 5.41 Å². The van der Waals surface area contributed by atoms with E-state index in [2.05, 4.69) is 29.2 Å². The van der Waals surface area contributed by atoms with Crippen molar-refractivity contribution in [3.05, 3.63) is 30.3 Å². The first-order valence-electron chi connectivity index (χ1n) is 5.42. The van der Waals surface area contributed by atoms with Crippen LogP contribution in [-0.2, 0) is 0 Å². The number of para-hydroxylation sites is 1. The maximum atomic E-state index is 9.01. The van der Waals surface area contributed by atoms with E-state index in [9.17, 15) is 0 Å². The van der Waals surface area contributed by atoms with E-state index >= 15 is 0 Å². The topological polar surface area (TPSA) is 50.8 Å². The molecule has 1 heterocycles. The number of nitriles is 2. The summed E-state index contributed by atoms with van der Waals surface area (Å²) in [5.74, 6) is 0. The summed E-state index contributed by atoms with van der Waals surface area (Å²) in [7, 11) is 0. The highest BCUT2D eigenvalue weighted by Gasteiger charge is 2.34. The monoisotopic (exact) mass is 211 g/mol. The Balaban J connectivity index is 2.07. The van der Waals surface area contributed by atoms with Crippen molar-refractivity contribution in [1.82, 2.24) is 0 Å². The number of hydrogen-bond donors (Lipinski definition) is 0. The van der Waals surface area contributed by atoms with Crippen molar-refractivity contribution in [1.29, 1.82) is 10.5 Å². The average Bonchev–Trinajstić information content (AvgIpc) is 2.40. The molecule has 0 atom stereocenters. The maximum Gasteiger partial charge on any atom is 0.147 e. The molecule has 0 aliphatic carbocycles. The van der Waals surface area contributed by atoms with Crippen molar-refractivity contribution in [3.63, 3.8) is 0 Å². The van der Waals surface area contributed by atoms with E-state index in [-0.39, 0.29) is 0 Å². The van der Waals surface area contributed by atoms with Gasteiger partial charge < -0.3 is 4.90 Å². The molecule has 3 heteroatoms. The van der Waals surface area contributed by atoms with Crippen LogP contribution in [0.15, 0.2) is 30.3 Å². The summed E-state index contributed by atoms with van der Waals surface area (Å²) in [6.07, 6.45) is 1.27. The van der Waals surface area contributed by atoms with Crippen molar-refractivity contribution in [2.75, 3.05) is 18.0 Å². The van der Waals surface area contributed by atoms with E-state index in [1.165, 1.54) is 5.69 Å². The van der Waals surface area contributed by atoms with Crippen LogP contribution in [0.3, 0.4) is 0 Å². The average molecular weight is 211 g/mol. The second-order valence-corrected chi connectivity index (χ2v) is 4.13. The third-order valence-corrected chi connectivity index (χ3v) is 3.17. The van der Waals surface area contributed by atoms with Crippen LogP contribution < -0.4 is 4.90 Å². The van der Waals surface area contributed by atoms with E-state index in [0.717, 1.165) is 13.1 Å². The second-order valence-electron chi connectivity index (χ2n) is 4.13. The van der Waals surface area contributed by atoms with Gasteiger partial charge in [0.1, 0.15) is 5.41 Å². The van der Waals surface area contributed by atoms with Gasteiger partial charge in [0, 0.05) is 18.8 Å². The summed E-state index contributed by atoms with van der Waals surface area (Å²) in [6.45, 7) is 1.57. The van der Waals surface area contributed by atoms with Crippen molar-refractivity contribution >= 4 is 5.69 Å². The Labute approximate surface area is 95.5 Å². The minimum absolute atomic E-state index is 0.634. The van der Waals surface area contributed by atoms with Gasteiger partial charge >= 0.3 is 0 Å². The van der Waals surface area contributed by atoms with Gasteiger partial charge in [0.2, 0.25) is 0 Å². The summed E-state index contributed by atoms with van der Waals surface area (Å²) < 4.78 is 0. The molecule has 1 aromatic carbocycles. The van der Waals surface area contributed by atoms with Gasteiger partial charge in [0.25, 0.3) is 0 Å². The van der Waals surface area contributed by atoms with E-state index in [1.807, 2.05) is 18.2 Å². The molecule has 0 N–H and O–H groups in total. The number of piperidine rings is 1. The van der Waals surface area contributed by atoms with Crippen LogP contribution in [0.25, 0.3) is 0 Å². The molecule has 1 saturated heterocycles. The smallest absolute Gasteiger partial charge is 0.147 e. The molecule has 0 amide bonds. The molecule has 16 heavy (non-hydrogen) atoms. The Hall–Kier alpha value is -2.00. The van der Waals surface area contributed by atoms with Crippen LogP contribution in [0.1, 0.15) is 12.8 Å². The number of nitrogens with zero attached hydrogens (tertiary/aromatic N) is 3. The zero-order chi connectivity index (χ0) is 11.4. The lowest BCUT2D eigenvalue weighted by molar-refractivity contribution is 0.393. The summed E-state index contributed by atoms with van der Waals surface area (Å²) >= 11 is 0. The zero-order valence-electron chi connectivity index (χ0n) is 9.06. The fourth-order valence-corrected chi connectivity index (χ4v) is 2.03. The summed E-state index contributed by atoms with van der Waals surface area (Å²) in [6, 6.07) is 14.4. The molecule has 0 spiro atoms. The van der Waals surface area contributed by atoms with Crippen LogP contribution in [0.5, 0.6) is 0 Å². The van der Waals surface area contributed by atoms with Gasteiger partial charge in [-0.05, 0) is 25.0 Å². The highest BCUT2D eigenvalue weighted by Crippen LogP contribution is 2.31. The highest BCUT2D eigenvalue weighted by atomic mass is 15.1. The van der Waals surface area contributed by atoms with Gasteiger partial charge in [0.15, 0.2) is 0 Å². The normalized spacial score (nSPS) is 18.5. The highest BCUT2D eigenvalue weighted by molar-refractivity contribution is 5.46. The summed E-state index contributed by atoms with van der Waals surface area (Å²) in [5.41, 5.74) is 0.414. The van der Waals surface area contributed by atoms with E-state index in [1.54, 1.807) is 0 Å². The molecule has 1 aromatic rings. The number of hydrogen-bond acceptors (Lipinski definition) is 3. The molecule has 0 bridgehead atoms. The minimum Gasteiger partial charge on any atom is -0.371 e. The second kappa shape index (κ2) is 4.24. The third-order valence-electron chi connectivity index (χ3n) is 3.17. The molecule has 1 aliphatic heterocycles. The van der Waals surface area contributed by atoms with Gasteiger partial charge in [-0.25, -0.2) is 0 Å². The largest absolute Gasteiger partial charge is 0.371 e. The zero-order valence-corrected chi connectivity index (χ0v) is 9.06. The fraction of sp³-hybridized carbons (Fsp3) is 0.385. The molecule has 0 unspecified atom stereocenters. The Morgan fingerprint density at radius 1 is 1.00 bits per heavy atom. The predicted molar refractivity (Wildman–Crippen MR) is 61.5 cm³/mol. The van der Waals surface area contributed by atoms with E-state index in [0.29, 0.717) is 12.8 Å². The Morgan fingerprint density at radius 2 is 1.56 bits per heavy atom. The first-order chi connectivity index (χ1) is 7.79. The molecule has 0 radical (unpaired) electrons. The van der Waals surface area contributed by atoms with Crippen molar-refractivity contribution < 1.29 is 0 Å². The molecule has 0 aromatic heterocycles. The maximum absolute atomic E-state index is 9.01. The molecule has 80 valence electrons. The first kappa shape index (κ1) is 10.5. The van der Waals surface area contributed by atoms with Crippen LogP contribution in [0.2, 0.25) is 0 Å². The SMILES string of the molecule is N#CC1(C#N)CCN(c2ccccc2)CC1. The first-order valence-corrected chi connectivity index (χ1v) is 5.42. The third kappa shape index (κ3) is 1.85. The van der Waals surface area contributed by atoms with Crippen molar-refractivity contribution in [3.8, 4) is 12.1 Å². The van der Waals surface area contributed by atoms with Crippen LogP contribution in [-0.4, -0.2) is 13.1 Å². The van der Waals surface area contributed by atoms with Crippen LogP contribution in [0.4, 0.5) is 5.69 Å². The van der Waals surface area contributed by atoms with Gasteiger partial charge in [0.05, 0.1) is 12.1 Å².